The molecule has 2 atom stereocenters. The van der Waals surface area contributed by atoms with E-state index in [-0.39, 0.29) is 17.5 Å². The molecule has 1 aromatic carbocycles. The Kier molecular flexibility index (Phi) is 5.05. The van der Waals surface area contributed by atoms with E-state index in [2.05, 4.69) is 21.2 Å². The van der Waals surface area contributed by atoms with Crippen LogP contribution in [0.3, 0.4) is 0 Å². The fourth-order valence-electron chi connectivity index (χ4n) is 1.23. The van der Waals surface area contributed by atoms with Crippen molar-refractivity contribution in [2.24, 2.45) is 5.92 Å². The Morgan fingerprint density at radius 1 is 1.41 bits per heavy atom. The van der Waals surface area contributed by atoms with Crippen molar-refractivity contribution in [1.29, 1.82) is 0 Å². The lowest BCUT2D eigenvalue weighted by Gasteiger charge is -2.19. The maximum atomic E-state index is 13.3. The maximum absolute atomic E-state index is 13.3. The summed E-state index contributed by atoms with van der Waals surface area (Å²) in [5.74, 6) is -1.74. The second-order valence-corrected chi connectivity index (χ2v) is 4.67. The Labute approximate surface area is 108 Å². The maximum Gasteiger partial charge on any atom is 0.254 e. The van der Waals surface area contributed by atoms with E-state index in [4.69, 9.17) is 0 Å². The average Bonchev–Trinajstić information content (AvgIpc) is 2.30. The van der Waals surface area contributed by atoms with Crippen molar-refractivity contribution in [1.82, 2.24) is 5.32 Å². The predicted octanol–water partition coefficient (Wildman–Crippen LogP) is 3.11. The fraction of sp³-hybridized carbons (Fsp3) is 0.417. The highest BCUT2D eigenvalue weighted by Crippen LogP contribution is 2.11. The topological polar surface area (TPSA) is 29.1 Å². The van der Waals surface area contributed by atoms with Crippen LogP contribution < -0.4 is 5.32 Å². The first-order valence-electron chi connectivity index (χ1n) is 5.27. The van der Waals surface area contributed by atoms with Crippen LogP contribution in [0.4, 0.5) is 8.78 Å². The van der Waals surface area contributed by atoms with E-state index >= 15 is 0 Å². The van der Waals surface area contributed by atoms with Crippen LogP contribution in [0.5, 0.6) is 0 Å². The molecule has 94 valence electrons. The van der Waals surface area contributed by atoms with E-state index in [1.807, 2.05) is 13.8 Å². The summed E-state index contributed by atoms with van der Waals surface area (Å²) in [5.41, 5.74) is -0.265. The molecular formula is C12H14BrF2NO. The van der Waals surface area contributed by atoms with Crippen molar-refractivity contribution >= 4 is 21.8 Å². The van der Waals surface area contributed by atoms with Crippen molar-refractivity contribution < 1.29 is 13.6 Å². The van der Waals surface area contributed by atoms with Gasteiger partial charge in [-0.25, -0.2) is 8.78 Å². The highest BCUT2D eigenvalue weighted by atomic mass is 79.9. The van der Waals surface area contributed by atoms with Crippen molar-refractivity contribution in [3.63, 3.8) is 0 Å². The Balaban J connectivity index is 2.79. The minimum Gasteiger partial charge on any atom is -0.349 e. The largest absolute Gasteiger partial charge is 0.349 e. The number of nitrogens with one attached hydrogen (secondary N) is 1. The molecule has 0 saturated carbocycles. The molecule has 2 unspecified atom stereocenters. The van der Waals surface area contributed by atoms with Crippen molar-refractivity contribution in [3.8, 4) is 0 Å². The molecule has 0 aliphatic rings. The van der Waals surface area contributed by atoms with Crippen LogP contribution in [-0.2, 0) is 0 Å². The van der Waals surface area contributed by atoms with E-state index in [1.165, 1.54) is 0 Å². The van der Waals surface area contributed by atoms with Crippen molar-refractivity contribution in [3.05, 3.63) is 35.4 Å². The molecular weight excluding hydrogens is 292 g/mol. The predicted molar refractivity (Wildman–Crippen MR) is 66.2 cm³/mol. The molecule has 2 nitrogen and oxygen atoms in total. The molecule has 0 aliphatic carbocycles. The number of halogens is 3. The zero-order chi connectivity index (χ0) is 13.0. The number of hydrogen-bond donors (Lipinski definition) is 1. The summed E-state index contributed by atoms with van der Waals surface area (Å²) < 4.78 is 26.2. The summed E-state index contributed by atoms with van der Waals surface area (Å²) in [5, 5.41) is 3.36. The van der Waals surface area contributed by atoms with Crippen LogP contribution in [0, 0.1) is 17.6 Å². The number of carbonyl (C=O) groups is 1. The molecule has 0 fully saturated rings. The third kappa shape index (κ3) is 3.77. The summed E-state index contributed by atoms with van der Waals surface area (Å²) in [6, 6.07) is 2.71. The minimum absolute atomic E-state index is 0.121. The van der Waals surface area contributed by atoms with Gasteiger partial charge in [-0.3, -0.25) is 4.79 Å². The molecule has 1 aromatic rings. The van der Waals surface area contributed by atoms with E-state index in [0.717, 1.165) is 23.5 Å². The molecule has 0 heterocycles. The van der Waals surface area contributed by atoms with Crippen LogP contribution in [0.1, 0.15) is 24.2 Å². The van der Waals surface area contributed by atoms with Crippen molar-refractivity contribution in [2.45, 2.75) is 19.9 Å². The lowest BCUT2D eigenvalue weighted by atomic mass is 10.1. The minimum atomic E-state index is -0.720. The first kappa shape index (κ1) is 14.1. The highest BCUT2D eigenvalue weighted by molar-refractivity contribution is 9.09. The SMILES string of the molecule is CC(CBr)C(C)NC(=O)c1cc(F)ccc1F. The molecule has 1 N–H and O–H groups in total. The zero-order valence-corrected chi connectivity index (χ0v) is 11.2. The Morgan fingerprint density at radius 3 is 2.65 bits per heavy atom. The first-order valence-corrected chi connectivity index (χ1v) is 6.39. The van der Waals surface area contributed by atoms with Crippen molar-refractivity contribution in [2.75, 3.05) is 5.33 Å². The smallest absolute Gasteiger partial charge is 0.254 e. The summed E-state index contributed by atoms with van der Waals surface area (Å²) in [6.45, 7) is 3.77. The monoisotopic (exact) mass is 305 g/mol. The van der Waals surface area contributed by atoms with Gasteiger partial charge in [0, 0.05) is 11.4 Å². The van der Waals surface area contributed by atoms with Gasteiger partial charge in [0.1, 0.15) is 11.6 Å². The summed E-state index contributed by atoms with van der Waals surface area (Å²) in [7, 11) is 0. The van der Waals surface area contributed by atoms with Gasteiger partial charge in [0.05, 0.1) is 5.56 Å². The number of carbonyl (C=O) groups excluding carboxylic acids is 1. The zero-order valence-electron chi connectivity index (χ0n) is 9.64. The molecule has 0 aliphatic heterocycles. The van der Waals surface area contributed by atoms with Crippen LogP contribution in [-0.4, -0.2) is 17.3 Å². The molecule has 0 bridgehead atoms. The second-order valence-electron chi connectivity index (χ2n) is 4.02. The Hall–Kier alpha value is -0.970. The van der Waals surface area contributed by atoms with Crippen LogP contribution >= 0.6 is 15.9 Å². The fourth-order valence-corrected chi connectivity index (χ4v) is 1.79. The van der Waals surface area contributed by atoms with Gasteiger partial charge in [0.25, 0.3) is 5.91 Å². The summed E-state index contributed by atoms with van der Waals surface area (Å²) in [6.07, 6.45) is 0. The van der Waals surface area contributed by atoms with E-state index in [9.17, 15) is 13.6 Å². The molecule has 0 aromatic heterocycles. The number of amides is 1. The quantitative estimate of drug-likeness (QED) is 0.851. The summed E-state index contributed by atoms with van der Waals surface area (Å²) >= 11 is 3.30. The van der Waals surface area contributed by atoms with Gasteiger partial charge in [-0.1, -0.05) is 22.9 Å². The average molecular weight is 306 g/mol. The van der Waals surface area contributed by atoms with Crippen LogP contribution in [0.15, 0.2) is 18.2 Å². The molecule has 17 heavy (non-hydrogen) atoms. The van der Waals surface area contributed by atoms with E-state index in [0.29, 0.717) is 0 Å². The van der Waals surface area contributed by atoms with Gasteiger partial charge in [-0.15, -0.1) is 0 Å². The molecule has 1 amide bonds. The van der Waals surface area contributed by atoms with Gasteiger partial charge in [0.15, 0.2) is 0 Å². The van der Waals surface area contributed by atoms with Gasteiger partial charge in [-0.05, 0) is 31.0 Å². The second kappa shape index (κ2) is 6.10. The summed E-state index contributed by atoms with van der Waals surface area (Å²) in [4.78, 5) is 11.7. The molecule has 0 saturated heterocycles. The van der Waals surface area contributed by atoms with Crippen LogP contribution in [0.2, 0.25) is 0 Å². The normalized spacial score (nSPS) is 14.2. The van der Waals surface area contributed by atoms with Gasteiger partial charge in [0.2, 0.25) is 0 Å². The molecule has 0 radical (unpaired) electrons. The highest BCUT2D eigenvalue weighted by Gasteiger charge is 2.17. The van der Waals surface area contributed by atoms with Gasteiger partial charge >= 0.3 is 0 Å². The standard InChI is InChI=1S/C12H14BrF2NO/c1-7(6-13)8(2)16-12(17)10-5-9(14)3-4-11(10)15/h3-5,7-8H,6H2,1-2H3,(H,16,17). The van der Waals surface area contributed by atoms with Gasteiger partial charge in [-0.2, -0.15) is 0 Å². The number of benzene rings is 1. The number of hydrogen-bond acceptors (Lipinski definition) is 1. The third-order valence-electron chi connectivity index (χ3n) is 2.63. The van der Waals surface area contributed by atoms with E-state index in [1.54, 1.807) is 0 Å². The number of alkyl halides is 1. The molecule has 0 spiro atoms. The molecule has 1 rings (SSSR count). The third-order valence-corrected chi connectivity index (χ3v) is 3.65. The lowest BCUT2D eigenvalue weighted by molar-refractivity contribution is 0.0926. The first-order chi connectivity index (χ1) is 7.95. The van der Waals surface area contributed by atoms with Crippen LogP contribution in [0.25, 0.3) is 0 Å². The van der Waals surface area contributed by atoms with Gasteiger partial charge < -0.3 is 5.32 Å². The lowest BCUT2D eigenvalue weighted by Crippen LogP contribution is -2.38. The Morgan fingerprint density at radius 2 is 2.06 bits per heavy atom. The molecule has 5 heteroatoms. The Bertz CT molecular complexity index is 411. The van der Waals surface area contributed by atoms with E-state index < -0.39 is 17.5 Å². The number of rotatable bonds is 4.